The molecule has 6 heteroatoms. The molecule has 0 aromatic rings. The summed E-state index contributed by atoms with van der Waals surface area (Å²) in [6.07, 6.45) is 1.90. The van der Waals surface area contributed by atoms with Crippen LogP contribution < -0.4 is 0 Å². The lowest BCUT2D eigenvalue weighted by Crippen LogP contribution is -2.43. The molecular weight excluding hydrogens is 256 g/mol. The molecule has 0 heterocycles. The van der Waals surface area contributed by atoms with Crippen LogP contribution in [0.3, 0.4) is 0 Å². The summed E-state index contributed by atoms with van der Waals surface area (Å²) in [6, 6.07) is 0. The van der Waals surface area contributed by atoms with Crippen molar-refractivity contribution in [3.05, 3.63) is 12.7 Å². The topological polar surface area (TPSA) is 80.7 Å². The van der Waals surface area contributed by atoms with Gasteiger partial charge in [0.2, 0.25) is 0 Å². The van der Waals surface area contributed by atoms with Gasteiger partial charge in [-0.15, -0.1) is 0 Å². The normalized spacial score (nSPS) is 13.2. The van der Waals surface area contributed by atoms with Gasteiger partial charge in [-0.25, -0.2) is 4.79 Å². The molecule has 0 amide bonds. The minimum absolute atomic E-state index is 0.290. The monoisotopic (exact) mass is 278 g/mol. The molecule has 0 fully saturated rings. The molecule has 0 aromatic heterocycles. The molecule has 0 atom stereocenters. The number of ether oxygens (including phenoxy) is 1. The van der Waals surface area contributed by atoms with Crippen molar-refractivity contribution >= 4 is 16.1 Å². The molecule has 0 saturated carbocycles. The molecule has 5 nitrogen and oxygen atoms in total. The Morgan fingerprint density at radius 3 is 2.22 bits per heavy atom. The van der Waals surface area contributed by atoms with Gasteiger partial charge in [0.15, 0.2) is 0 Å². The van der Waals surface area contributed by atoms with Crippen molar-refractivity contribution in [1.29, 1.82) is 0 Å². The molecule has 1 N–H and O–H groups in total. The number of esters is 1. The number of hydrogen-bond donors (Lipinski definition) is 1. The van der Waals surface area contributed by atoms with E-state index >= 15 is 0 Å². The zero-order valence-corrected chi connectivity index (χ0v) is 12.2. The maximum absolute atomic E-state index is 11.2. The quantitative estimate of drug-likeness (QED) is 0.438. The molecule has 0 rings (SSSR count). The van der Waals surface area contributed by atoms with Gasteiger partial charge < -0.3 is 4.74 Å². The Balaban J connectivity index is 4.59. The van der Waals surface area contributed by atoms with Gasteiger partial charge in [-0.05, 0) is 26.7 Å². The van der Waals surface area contributed by atoms with E-state index < -0.39 is 27.1 Å². The van der Waals surface area contributed by atoms with Crippen LogP contribution in [0.25, 0.3) is 0 Å². The van der Waals surface area contributed by atoms with Crippen molar-refractivity contribution in [2.75, 3.05) is 5.75 Å². The van der Waals surface area contributed by atoms with Gasteiger partial charge in [0.1, 0.15) is 5.60 Å². The summed E-state index contributed by atoms with van der Waals surface area (Å²) < 4.78 is 35.2. The highest BCUT2D eigenvalue weighted by atomic mass is 32.2. The Morgan fingerprint density at radius 2 is 1.83 bits per heavy atom. The summed E-state index contributed by atoms with van der Waals surface area (Å²) in [5, 5.41) is 0. The van der Waals surface area contributed by atoms with Gasteiger partial charge >= 0.3 is 5.97 Å². The highest BCUT2D eigenvalue weighted by Gasteiger charge is 2.39. The summed E-state index contributed by atoms with van der Waals surface area (Å²) >= 11 is 0. The Morgan fingerprint density at radius 1 is 1.33 bits per heavy atom. The van der Waals surface area contributed by atoms with Crippen molar-refractivity contribution in [2.24, 2.45) is 5.41 Å². The fourth-order valence-electron chi connectivity index (χ4n) is 1.43. The largest absolute Gasteiger partial charge is 0.456 e. The molecule has 18 heavy (non-hydrogen) atoms. The maximum atomic E-state index is 11.2. The Hall–Kier alpha value is -0.880. The van der Waals surface area contributed by atoms with E-state index in [0.717, 1.165) is 6.08 Å². The Labute approximate surface area is 109 Å². The maximum Gasteiger partial charge on any atom is 0.330 e. The van der Waals surface area contributed by atoms with Crippen molar-refractivity contribution in [1.82, 2.24) is 0 Å². The fraction of sp³-hybridized carbons (Fsp3) is 0.750. The van der Waals surface area contributed by atoms with E-state index in [1.165, 1.54) is 0 Å². The van der Waals surface area contributed by atoms with E-state index in [4.69, 9.17) is 9.29 Å². The van der Waals surface area contributed by atoms with Crippen LogP contribution in [-0.2, 0) is 19.6 Å². The van der Waals surface area contributed by atoms with E-state index in [1.54, 1.807) is 13.8 Å². The van der Waals surface area contributed by atoms with Gasteiger partial charge in [0.25, 0.3) is 10.1 Å². The highest BCUT2D eigenvalue weighted by Crippen LogP contribution is 2.38. The number of carbonyl (C=O) groups is 1. The van der Waals surface area contributed by atoms with E-state index in [9.17, 15) is 13.2 Å². The molecule has 0 saturated heterocycles. The van der Waals surface area contributed by atoms with Crippen LogP contribution in [0.4, 0.5) is 0 Å². The molecule has 0 radical (unpaired) electrons. The lowest BCUT2D eigenvalue weighted by Gasteiger charge is -2.40. The first kappa shape index (κ1) is 17.1. The van der Waals surface area contributed by atoms with Crippen LogP contribution in [0.5, 0.6) is 0 Å². The minimum atomic E-state index is -3.94. The number of carbonyl (C=O) groups excluding carboxylic acids is 1. The van der Waals surface area contributed by atoms with E-state index in [2.05, 4.69) is 6.58 Å². The van der Waals surface area contributed by atoms with Crippen LogP contribution in [0.15, 0.2) is 12.7 Å². The Kier molecular flexibility index (Phi) is 5.55. The molecular formula is C12H22O5S. The molecule has 0 aromatic carbocycles. The van der Waals surface area contributed by atoms with Crippen molar-refractivity contribution in [3.8, 4) is 0 Å². The summed E-state index contributed by atoms with van der Waals surface area (Å²) in [7, 11) is -3.94. The van der Waals surface area contributed by atoms with Crippen molar-refractivity contribution < 1.29 is 22.5 Å². The number of hydrogen-bond acceptors (Lipinski definition) is 4. The van der Waals surface area contributed by atoms with E-state index in [-0.39, 0.29) is 5.75 Å². The second-order valence-electron chi connectivity index (χ2n) is 5.41. The average Bonchev–Trinajstić information content (AvgIpc) is 2.14. The highest BCUT2D eigenvalue weighted by molar-refractivity contribution is 7.85. The second kappa shape index (κ2) is 5.84. The van der Waals surface area contributed by atoms with Crippen LogP contribution in [0, 0.1) is 5.41 Å². The van der Waals surface area contributed by atoms with Crippen LogP contribution in [0.2, 0.25) is 0 Å². The molecule has 0 aliphatic rings. The van der Waals surface area contributed by atoms with Gasteiger partial charge in [-0.2, -0.15) is 8.42 Å². The third-order valence-electron chi connectivity index (χ3n) is 3.36. The van der Waals surface area contributed by atoms with Gasteiger partial charge in [-0.3, -0.25) is 4.55 Å². The zero-order chi connectivity index (χ0) is 14.6. The molecule has 106 valence electrons. The summed E-state index contributed by atoms with van der Waals surface area (Å²) in [5.41, 5.74) is -1.17. The molecule has 0 aliphatic carbocycles. The molecule has 0 unspecified atom stereocenters. The lowest BCUT2D eigenvalue weighted by molar-refractivity contribution is -0.162. The zero-order valence-electron chi connectivity index (χ0n) is 11.4. The van der Waals surface area contributed by atoms with E-state index in [0.29, 0.717) is 12.8 Å². The second-order valence-corrected chi connectivity index (χ2v) is 6.98. The molecule has 0 spiro atoms. The smallest absolute Gasteiger partial charge is 0.330 e. The van der Waals surface area contributed by atoms with Gasteiger partial charge in [-0.1, -0.05) is 20.4 Å². The molecule has 0 bridgehead atoms. The van der Waals surface area contributed by atoms with Crippen LogP contribution in [-0.4, -0.2) is 30.3 Å². The lowest BCUT2D eigenvalue weighted by atomic mass is 9.74. The first-order valence-electron chi connectivity index (χ1n) is 5.72. The minimum Gasteiger partial charge on any atom is -0.456 e. The summed E-state index contributed by atoms with van der Waals surface area (Å²) in [6.45, 7) is 10.6. The summed E-state index contributed by atoms with van der Waals surface area (Å²) in [5.74, 6) is -0.801. The van der Waals surface area contributed by atoms with Crippen LogP contribution in [0.1, 0.15) is 40.5 Å². The predicted octanol–water partition coefficient (Wildman–Crippen LogP) is 2.19. The SMILES string of the molecule is C=CC(=O)OC(C)(C)C(C)(C)CCCS(=O)(=O)O. The van der Waals surface area contributed by atoms with Crippen molar-refractivity contribution in [3.63, 3.8) is 0 Å². The first-order chi connectivity index (χ1) is 7.91. The predicted molar refractivity (Wildman–Crippen MR) is 69.8 cm³/mol. The molecule has 0 aliphatic heterocycles. The third-order valence-corrected chi connectivity index (χ3v) is 4.16. The van der Waals surface area contributed by atoms with Gasteiger partial charge in [0.05, 0.1) is 5.75 Å². The summed E-state index contributed by atoms with van der Waals surface area (Å²) in [4.78, 5) is 11.2. The van der Waals surface area contributed by atoms with E-state index in [1.807, 2.05) is 13.8 Å². The Bertz CT molecular complexity index is 406. The number of rotatable bonds is 7. The van der Waals surface area contributed by atoms with Crippen LogP contribution >= 0.6 is 0 Å². The third kappa shape index (κ3) is 5.64. The first-order valence-corrected chi connectivity index (χ1v) is 7.33. The van der Waals surface area contributed by atoms with Gasteiger partial charge in [0, 0.05) is 11.5 Å². The standard InChI is InChI=1S/C12H22O5S/c1-6-10(13)17-12(4,5)11(2,3)8-7-9-18(14,15)16/h6H,1,7-9H2,2-5H3,(H,14,15,16). The average molecular weight is 278 g/mol. The fourth-order valence-corrected chi connectivity index (χ4v) is 1.94. The van der Waals surface area contributed by atoms with Crippen molar-refractivity contribution in [2.45, 2.75) is 46.1 Å².